The van der Waals surface area contributed by atoms with Gasteiger partial charge in [-0.3, -0.25) is 9.69 Å². The number of amides is 1. The van der Waals surface area contributed by atoms with Crippen LogP contribution in [0, 0.1) is 0 Å². The van der Waals surface area contributed by atoms with Crippen LogP contribution in [0.2, 0.25) is 0 Å². The largest absolute Gasteiger partial charge is 0.448 e. The number of rotatable bonds is 7. The highest BCUT2D eigenvalue weighted by Crippen LogP contribution is 2.40. The number of carbonyl (C=O) groups excluding carboxylic acids is 2. The summed E-state index contributed by atoms with van der Waals surface area (Å²) in [5.41, 5.74) is 9.26. The summed E-state index contributed by atoms with van der Waals surface area (Å²) >= 11 is 1.51. The van der Waals surface area contributed by atoms with Gasteiger partial charge in [0, 0.05) is 11.3 Å². The third-order valence-electron chi connectivity index (χ3n) is 5.20. The minimum atomic E-state index is -0.625. The zero-order valence-electron chi connectivity index (χ0n) is 18.3. The molecule has 0 bridgehead atoms. The molecular formula is C24H26ClN3O4S. The fourth-order valence-corrected chi connectivity index (χ4v) is 4.94. The molecule has 2 atom stereocenters. The van der Waals surface area contributed by atoms with Crippen LogP contribution in [0.5, 0.6) is 0 Å². The molecule has 0 saturated carbocycles. The van der Waals surface area contributed by atoms with Gasteiger partial charge < -0.3 is 15.3 Å². The quantitative estimate of drug-likeness (QED) is 0.277. The van der Waals surface area contributed by atoms with Gasteiger partial charge in [-0.05, 0) is 25.0 Å². The van der Waals surface area contributed by atoms with Gasteiger partial charge in [-0.25, -0.2) is 4.79 Å². The number of hydrogen-bond acceptors (Lipinski definition) is 7. The Morgan fingerprint density at radius 2 is 1.70 bits per heavy atom. The highest BCUT2D eigenvalue weighted by Gasteiger charge is 2.52. The predicted octanol–water partition coefficient (Wildman–Crippen LogP) is 3.65. The van der Waals surface area contributed by atoms with E-state index in [0.717, 1.165) is 16.8 Å². The number of halogens is 1. The van der Waals surface area contributed by atoms with Crippen molar-refractivity contribution in [3.63, 3.8) is 0 Å². The zero-order chi connectivity index (χ0) is 22.7. The first-order valence-corrected chi connectivity index (χ1v) is 11.4. The highest BCUT2D eigenvalue weighted by atomic mass is 35.5. The number of esters is 1. The van der Waals surface area contributed by atoms with Crippen molar-refractivity contribution in [2.24, 2.45) is 10.9 Å². The molecule has 0 aromatic heterocycles. The standard InChI is InChI=1S/C24H25N3O4S.ClH/c1-15(2)26-30-13-18-14-32-23-19(25)22(28)27(23)20(18)24(29)31-21(16-9-5-3-6-10-16)17-11-7-4-8-12-17;/h3-12,19,21,23H,13-14,25H2,1-2H3;1H/t19?,23-;/m1./s1. The number of ether oxygens (including phenoxy) is 1. The van der Waals surface area contributed by atoms with Crippen molar-refractivity contribution >= 4 is 41.8 Å². The van der Waals surface area contributed by atoms with Crippen LogP contribution in [0.1, 0.15) is 31.1 Å². The number of thioether (sulfide) groups is 1. The van der Waals surface area contributed by atoms with Crippen LogP contribution in [-0.2, 0) is 19.2 Å². The molecule has 1 fully saturated rings. The number of benzene rings is 2. The minimum absolute atomic E-state index is 0. The normalized spacial score (nSPS) is 19.3. The predicted molar refractivity (Wildman–Crippen MR) is 131 cm³/mol. The third-order valence-corrected chi connectivity index (χ3v) is 6.56. The second-order valence-electron chi connectivity index (χ2n) is 7.81. The van der Waals surface area contributed by atoms with E-state index in [0.29, 0.717) is 11.3 Å². The lowest BCUT2D eigenvalue weighted by Crippen LogP contribution is -2.68. The molecule has 2 aliphatic rings. The molecule has 0 aliphatic carbocycles. The summed E-state index contributed by atoms with van der Waals surface area (Å²) in [5.74, 6) is -0.367. The van der Waals surface area contributed by atoms with Crippen molar-refractivity contribution in [3.05, 3.63) is 83.1 Å². The molecule has 7 nitrogen and oxygen atoms in total. The van der Waals surface area contributed by atoms with E-state index >= 15 is 0 Å². The van der Waals surface area contributed by atoms with Crippen LogP contribution in [0.3, 0.4) is 0 Å². The monoisotopic (exact) mass is 487 g/mol. The molecular weight excluding hydrogens is 462 g/mol. The molecule has 2 aromatic carbocycles. The minimum Gasteiger partial charge on any atom is -0.448 e. The molecule has 2 heterocycles. The summed E-state index contributed by atoms with van der Waals surface area (Å²) in [6.07, 6.45) is -0.617. The van der Waals surface area contributed by atoms with Gasteiger partial charge in [0.1, 0.15) is 23.7 Å². The molecule has 2 aliphatic heterocycles. The van der Waals surface area contributed by atoms with Crippen LogP contribution in [-0.4, -0.2) is 46.3 Å². The van der Waals surface area contributed by atoms with Crippen molar-refractivity contribution in [1.29, 1.82) is 0 Å². The maximum Gasteiger partial charge on any atom is 0.356 e. The molecule has 1 unspecified atom stereocenters. The van der Waals surface area contributed by atoms with Crippen LogP contribution in [0.15, 0.2) is 77.1 Å². The van der Waals surface area contributed by atoms with E-state index in [4.69, 9.17) is 15.3 Å². The smallest absolute Gasteiger partial charge is 0.356 e. The molecule has 174 valence electrons. The molecule has 1 amide bonds. The Hall–Kier alpha value is -2.81. The van der Waals surface area contributed by atoms with Crippen molar-refractivity contribution in [3.8, 4) is 0 Å². The number of oxime groups is 1. The average Bonchev–Trinajstić information content (AvgIpc) is 2.82. The van der Waals surface area contributed by atoms with Gasteiger partial charge in [-0.1, -0.05) is 65.8 Å². The fraction of sp³-hybridized carbons (Fsp3) is 0.292. The molecule has 4 rings (SSSR count). The Labute approximate surface area is 203 Å². The van der Waals surface area contributed by atoms with E-state index in [2.05, 4.69) is 5.16 Å². The van der Waals surface area contributed by atoms with Gasteiger partial charge in [0.15, 0.2) is 6.10 Å². The van der Waals surface area contributed by atoms with Crippen molar-refractivity contribution in [1.82, 2.24) is 4.90 Å². The highest BCUT2D eigenvalue weighted by molar-refractivity contribution is 8.00. The van der Waals surface area contributed by atoms with Crippen LogP contribution >= 0.6 is 24.2 Å². The number of carbonyl (C=O) groups is 2. The average molecular weight is 488 g/mol. The number of nitrogens with two attached hydrogens (primary N) is 1. The summed E-state index contributed by atoms with van der Waals surface area (Å²) in [6.45, 7) is 3.73. The van der Waals surface area contributed by atoms with Gasteiger partial charge >= 0.3 is 5.97 Å². The Bertz CT molecular complexity index is 1020. The lowest BCUT2D eigenvalue weighted by Gasteiger charge is -2.48. The summed E-state index contributed by atoms with van der Waals surface area (Å²) in [7, 11) is 0. The second kappa shape index (κ2) is 10.9. The Balaban J connectivity index is 0.00000306. The number of β-lactam (4-membered cyclic amide) rings is 1. The Kier molecular flexibility index (Phi) is 8.18. The van der Waals surface area contributed by atoms with E-state index < -0.39 is 18.1 Å². The van der Waals surface area contributed by atoms with Crippen LogP contribution in [0.4, 0.5) is 0 Å². The van der Waals surface area contributed by atoms with Crippen molar-refractivity contribution in [2.45, 2.75) is 31.4 Å². The Morgan fingerprint density at radius 3 is 2.24 bits per heavy atom. The number of hydrogen-bond donors (Lipinski definition) is 1. The zero-order valence-corrected chi connectivity index (χ0v) is 20.0. The fourth-order valence-electron chi connectivity index (χ4n) is 3.67. The Morgan fingerprint density at radius 1 is 1.12 bits per heavy atom. The summed E-state index contributed by atoms with van der Waals surface area (Å²) in [4.78, 5) is 32.9. The molecule has 1 saturated heterocycles. The van der Waals surface area contributed by atoms with E-state index in [9.17, 15) is 9.59 Å². The lowest BCUT2D eigenvalue weighted by atomic mass is 10.0. The van der Waals surface area contributed by atoms with Gasteiger partial charge in [0.2, 0.25) is 5.91 Å². The number of fused-ring (bicyclic) bond motifs is 1. The topological polar surface area (TPSA) is 94.2 Å². The van der Waals surface area contributed by atoms with Gasteiger partial charge in [0.05, 0.1) is 5.71 Å². The maximum atomic E-state index is 13.5. The molecule has 33 heavy (non-hydrogen) atoms. The first kappa shape index (κ1) is 24.8. The summed E-state index contributed by atoms with van der Waals surface area (Å²) in [6, 6.07) is 18.4. The lowest BCUT2D eigenvalue weighted by molar-refractivity contribution is -0.153. The molecule has 2 aromatic rings. The van der Waals surface area contributed by atoms with Crippen molar-refractivity contribution < 1.29 is 19.2 Å². The first-order chi connectivity index (χ1) is 15.5. The SMILES string of the molecule is CC(C)=NOCC1=C(C(=O)OC(c2ccccc2)c2ccccc2)N2C(=O)C(N)[C@H]2SC1.Cl. The van der Waals surface area contributed by atoms with Gasteiger partial charge in [0.25, 0.3) is 0 Å². The molecule has 0 spiro atoms. The molecule has 0 radical (unpaired) electrons. The van der Waals surface area contributed by atoms with Gasteiger partial charge in [-0.15, -0.1) is 24.2 Å². The molecule has 2 N–H and O–H groups in total. The summed E-state index contributed by atoms with van der Waals surface area (Å²) < 4.78 is 6.02. The molecule has 9 heteroatoms. The third kappa shape index (κ3) is 5.24. The van der Waals surface area contributed by atoms with Crippen LogP contribution in [0.25, 0.3) is 0 Å². The van der Waals surface area contributed by atoms with E-state index in [1.54, 1.807) is 0 Å². The van der Waals surface area contributed by atoms with E-state index in [-0.39, 0.29) is 36.0 Å². The first-order valence-electron chi connectivity index (χ1n) is 10.3. The number of nitrogens with zero attached hydrogens (tertiary/aromatic N) is 2. The van der Waals surface area contributed by atoms with Gasteiger partial charge in [-0.2, -0.15) is 0 Å². The van der Waals surface area contributed by atoms with E-state index in [1.165, 1.54) is 16.7 Å². The van der Waals surface area contributed by atoms with E-state index in [1.807, 2.05) is 74.5 Å². The maximum absolute atomic E-state index is 13.5. The van der Waals surface area contributed by atoms with Crippen molar-refractivity contribution in [2.75, 3.05) is 12.4 Å². The van der Waals surface area contributed by atoms with Crippen LogP contribution < -0.4 is 5.73 Å². The second-order valence-corrected chi connectivity index (χ2v) is 8.91. The summed E-state index contributed by atoms with van der Waals surface area (Å²) in [5, 5.41) is 3.68.